The summed E-state index contributed by atoms with van der Waals surface area (Å²) >= 11 is 0. The fraction of sp³-hybridized carbons (Fsp3) is 0.538. The topological polar surface area (TPSA) is 9.23 Å². The summed E-state index contributed by atoms with van der Waals surface area (Å²) in [6.45, 7) is 13.7. The van der Waals surface area contributed by atoms with Gasteiger partial charge in [0.05, 0.1) is 13.2 Å². The summed E-state index contributed by atoms with van der Waals surface area (Å²) in [5, 5.41) is 0. The van der Waals surface area contributed by atoms with Gasteiger partial charge >= 0.3 is 0 Å². The molecule has 0 aromatic rings. The minimum Gasteiger partial charge on any atom is -0.372 e. The predicted molar refractivity (Wildman–Crippen MR) is 63.4 cm³/mol. The molecule has 0 N–H and O–H groups in total. The zero-order valence-corrected chi connectivity index (χ0v) is 9.84. The first-order chi connectivity index (χ1) is 6.61. The van der Waals surface area contributed by atoms with Gasteiger partial charge in [-0.15, -0.1) is 0 Å². The highest BCUT2D eigenvalue weighted by atomic mass is 16.5. The van der Waals surface area contributed by atoms with E-state index in [1.54, 1.807) is 0 Å². The van der Waals surface area contributed by atoms with Crippen LogP contribution in [0.25, 0.3) is 0 Å². The van der Waals surface area contributed by atoms with E-state index in [9.17, 15) is 0 Å². The van der Waals surface area contributed by atoms with E-state index in [1.165, 1.54) is 11.1 Å². The van der Waals surface area contributed by atoms with Crippen molar-refractivity contribution in [3.05, 3.63) is 36.0 Å². The molecule has 80 valence electrons. The molecule has 1 heterocycles. The van der Waals surface area contributed by atoms with Crippen molar-refractivity contribution in [2.24, 2.45) is 5.92 Å². The summed E-state index contributed by atoms with van der Waals surface area (Å²) in [6, 6.07) is 0. The summed E-state index contributed by atoms with van der Waals surface area (Å²) in [5.41, 5.74) is 2.48. The highest BCUT2D eigenvalue weighted by molar-refractivity contribution is 5.35. The Labute approximate surface area is 88.2 Å². The average Bonchev–Trinajstić information content (AvgIpc) is 2.51. The van der Waals surface area contributed by atoms with Gasteiger partial charge in [0.1, 0.15) is 0 Å². The highest BCUT2D eigenvalue weighted by Gasteiger charge is 2.08. The Hall–Kier alpha value is -0.820. The molecule has 1 rings (SSSR count). The Morgan fingerprint density at radius 2 is 1.71 bits per heavy atom. The van der Waals surface area contributed by atoms with Crippen molar-refractivity contribution in [1.29, 1.82) is 0 Å². The lowest BCUT2D eigenvalue weighted by Crippen LogP contribution is -1.82. The van der Waals surface area contributed by atoms with Gasteiger partial charge in [0.15, 0.2) is 0 Å². The van der Waals surface area contributed by atoms with Gasteiger partial charge in [-0.25, -0.2) is 0 Å². The third-order valence-electron chi connectivity index (χ3n) is 1.54. The average molecular weight is 194 g/mol. The Balaban J connectivity index is 0.000000364. The molecular formula is C13H22O. The molecule has 0 amide bonds. The van der Waals surface area contributed by atoms with Crippen LogP contribution in [0, 0.1) is 5.92 Å². The molecule has 0 fully saturated rings. The summed E-state index contributed by atoms with van der Waals surface area (Å²) in [7, 11) is 0. The van der Waals surface area contributed by atoms with E-state index in [4.69, 9.17) is 4.74 Å². The number of hydrogen-bond acceptors (Lipinski definition) is 1. The summed E-state index contributed by atoms with van der Waals surface area (Å²) in [4.78, 5) is 0. The maximum Gasteiger partial charge on any atom is 0.0724 e. The Morgan fingerprint density at radius 3 is 2.14 bits per heavy atom. The van der Waals surface area contributed by atoms with Crippen molar-refractivity contribution in [3.63, 3.8) is 0 Å². The minimum atomic E-state index is 0.725. The lowest BCUT2D eigenvalue weighted by atomic mass is 10.1. The smallest absolute Gasteiger partial charge is 0.0724 e. The van der Waals surface area contributed by atoms with Crippen molar-refractivity contribution >= 4 is 0 Å². The molecule has 0 saturated carbocycles. The molecule has 0 spiro atoms. The number of hydrogen-bond donors (Lipinski definition) is 0. The predicted octanol–water partition coefficient (Wildman–Crippen LogP) is 3.74. The van der Waals surface area contributed by atoms with Gasteiger partial charge in [0.2, 0.25) is 0 Å². The molecule has 1 aliphatic rings. The van der Waals surface area contributed by atoms with Crippen LogP contribution >= 0.6 is 0 Å². The van der Waals surface area contributed by atoms with Gasteiger partial charge in [-0.2, -0.15) is 0 Å². The summed E-state index contributed by atoms with van der Waals surface area (Å²) in [5.74, 6) is 0.833. The van der Waals surface area contributed by atoms with Crippen LogP contribution in [0.5, 0.6) is 0 Å². The summed E-state index contributed by atoms with van der Waals surface area (Å²) in [6.07, 6.45) is 5.96. The second-order valence-corrected chi connectivity index (χ2v) is 3.98. The zero-order valence-electron chi connectivity index (χ0n) is 9.84. The van der Waals surface area contributed by atoms with Crippen molar-refractivity contribution in [3.8, 4) is 0 Å². The van der Waals surface area contributed by atoms with Crippen LogP contribution in [0.3, 0.4) is 0 Å². The van der Waals surface area contributed by atoms with Crippen LogP contribution in [0.1, 0.15) is 27.7 Å². The molecule has 0 unspecified atom stereocenters. The second kappa shape index (κ2) is 7.57. The zero-order chi connectivity index (χ0) is 11.0. The molecule has 0 saturated heterocycles. The van der Waals surface area contributed by atoms with E-state index < -0.39 is 0 Å². The largest absolute Gasteiger partial charge is 0.372 e. The van der Waals surface area contributed by atoms with E-state index in [0.29, 0.717) is 0 Å². The molecule has 0 aliphatic carbocycles. The van der Waals surface area contributed by atoms with Crippen molar-refractivity contribution in [2.75, 3.05) is 13.2 Å². The molecule has 0 bridgehead atoms. The lowest BCUT2D eigenvalue weighted by Gasteiger charge is -1.90. The molecule has 0 radical (unpaired) electrons. The van der Waals surface area contributed by atoms with Crippen LogP contribution < -0.4 is 0 Å². The van der Waals surface area contributed by atoms with Crippen LogP contribution in [-0.2, 0) is 4.74 Å². The molecule has 1 heteroatoms. The van der Waals surface area contributed by atoms with Gasteiger partial charge in [-0.05, 0) is 24.0 Å². The SMILES string of the molecule is C=CC1=C(/C=C\C)COC1.CC(C)C. The van der Waals surface area contributed by atoms with Gasteiger partial charge in [0.25, 0.3) is 0 Å². The van der Waals surface area contributed by atoms with Crippen LogP contribution in [0.15, 0.2) is 36.0 Å². The monoisotopic (exact) mass is 194 g/mol. The Bertz CT molecular complexity index is 219. The third-order valence-corrected chi connectivity index (χ3v) is 1.54. The first-order valence-electron chi connectivity index (χ1n) is 5.16. The van der Waals surface area contributed by atoms with Crippen molar-refractivity contribution in [2.45, 2.75) is 27.7 Å². The third kappa shape index (κ3) is 5.76. The highest BCUT2D eigenvalue weighted by Crippen LogP contribution is 2.15. The number of rotatable bonds is 2. The van der Waals surface area contributed by atoms with Crippen molar-refractivity contribution in [1.82, 2.24) is 0 Å². The molecule has 0 aromatic heterocycles. The normalized spacial score (nSPS) is 16.1. The molecule has 0 aromatic carbocycles. The first-order valence-corrected chi connectivity index (χ1v) is 5.16. The van der Waals surface area contributed by atoms with E-state index in [1.807, 2.05) is 19.1 Å². The van der Waals surface area contributed by atoms with Gasteiger partial charge in [0, 0.05) is 0 Å². The summed E-state index contributed by atoms with van der Waals surface area (Å²) < 4.78 is 5.22. The van der Waals surface area contributed by atoms with E-state index in [-0.39, 0.29) is 0 Å². The van der Waals surface area contributed by atoms with E-state index >= 15 is 0 Å². The molecule has 1 nitrogen and oxygen atoms in total. The van der Waals surface area contributed by atoms with E-state index in [0.717, 1.165) is 19.1 Å². The van der Waals surface area contributed by atoms with Crippen LogP contribution in [0.4, 0.5) is 0 Å². The van der Waals surface area contributed by atoms with Crippen molar-refractivity contribution < 1.29 is 4.74 Å². The van der Waals surface area contributed by atoms with Crippen LogP contribution in [0.2, 0.25) is 0 Å². The molecule has 1 aliphatic heterocycles. The molecule has 14 heavy (non-hydrogen) atoms. The first kappa shape index (κ1) is 13.2. The second-order valence-electron chi connectivity index (χ2n) is 3.98. The number of ether oxygens (including phenoxy) is 1. The maximum absolute atomic E-state index is 5.22. The minimum absolute atomic E-state index is 0.725. The fourth-order valence-electron chi connectivity index (χ4n) is 1.00. The quantitative estimate of drug-likeness (QED) is 0.650. The van der Waals surface area contributed by atoms with Crippen LogP contribution in [-0.4, -0.2) is 13.2 Å². The van der Waals surface area contributed by atoms with Gasteiger partial charge in [-0.3, -0.25) is 0 Å². The Kier molecular flexibility index (Phi) is 7.13. The fourth-order valence-corrected chi connectivity index (χ4v) is 1.00. The molecule has 0 atom stereocenters. The molecular weight excluding hydrogens is 172 g/mol. The van der Waals surface area contributed by atoms with Gasteiger partial charge in [-0.1, -0.05) is 45.6 Å². The lowest BCUT2D eigenvalue weighted by molar-refractivity contribution is 0.207. The van der Waals surface area contributed by atoms with E-state index in [2.05, 4.69) is 33.4 Å². The maximum atomic E-state index is 5.22. The number of allylic oxidation sites excluding steroid dienone is 1. The van der Waals surface area contributed by atoms with Gasteiger partial charge < -0.3 is 4.74 Å². The standard InChI is InChI=1S/C9H12O.C4H10/c1-3-5-9-7-10-6-8(9)4-2;1-4(2)3/h3-5H,2,6-7H2,1H3;4H,1-3H3/b5-3-;. The Morgan fingerprint density at radius 1 is 1.21 bits per heavy atom.